The van der Waals surface area contributed by atoms with E-state index in [1.165, 1.54) is 4.57 Å². The molecule has 174 valence electrons. The molecule has 0 saturated carbocycles. The molecule has 0 spiro atoms. The van der Waals surface area contributed by atoms with Crippen molar-refractivity contribution in [3.05, 3.63) is 110 Å². The van der Waals surface area contributed by atoms with Gasteiger partial charge in [-0.25, -0.2) is 9.36 Å². The van der Waals surface area contributed by atoms with E-state index in [9.17, 15) is 14.4 Å². The van der Waals surface area contributed by atoms with Crippen molar-refractivity contribution in [1.82, 2.24) is 14.5 Å². The van der Waals surface area contributed by atoms with Crippen molar-refractivity contribution in [1.29, 1.82) is 0 Å². The first-order chi connectivity index (χ1) is 16.5. The summed E-state index contributed by atoms with van der Waals surface area (Å²) in [6.07, 6.45) is 2.21. The van der Waals surface area contributed by atoms with Gasteiger partial charge in [0.2, 0.25) is 5.91 Å². The van der Waals surface area contributed by atoms with Gasteiger partial charge in [-0.3, -0.25) is 14.2 Å². The Morgan fingerprint density at radius 3 is 2.44 bits per heavy atom. The number of carbonyl (C=O) groups is 1. The number of hydrogen-bond donors (Lipinski definition) is 1. The molecule has 1 N–H and O–H groups in total. The number of aromatic nitrogens is 2. The molecule has 1 aromatic heterocycles. The minimum Gasteiger partial charge on any atom is -0.356 e. The third-order valence-corrected chi connectivity index (χ3v) is 5.93. The second kappa shape index (κ2) is 10.5. The summed E-state index contributed by atoms with van der Waals surface area (Å²) in [6.45, 7) is 3.00. The molecular formula is C27H26ClN3O3. The maximum Gasteiger partial charge on any atom is 0.336 e. The molecule has 0 radical (unpaired) electrons. The average molecular weight is 476 g/mol. The van der Waals surface area contributed by atoms with Crippen LogP contribution in [-0.4, -0.2) is 21.6 Å². The lowest BCUT2D eigenvalue weighted by Crippen LogP contribution is -2.39. The molecule has 0 bridgehead atoms. The standard InChI is InChI=1S/C27H26ClN3O3/c1-2-3-15-29-25(32)17-19-11-13-22(14-12-19)31-26(33)23-9-4-5-10-24(23)30(27(31)34)18-20-7-6-8-21(28)16-20/h4-14,16H,2-3,15,17-18H2,1H3,(H,29,32). The third-order valence-electron chi connectivity index (χ3n) is 5.69. The molecule has 0 aliphatic rings. The molecule has 1 amide bonds. The molecule has 1 heterocycles. The van der Waals surface area contributed by atoms with E-state index in [1.807, 2.05) is 12.1 Å². The Bertz CT molecular complexity index is 1440. The van der Waals surface area contributed by atoms with E-state index in [0.29, 0.717) is 28.2 Å². The Balaban J connectivity index is 1.72. The minimum atomic E-state index is -0.436. The maximum absolute atomic E-state index is 13.5. The molecule has 0 unspecified atom stereocenters. The molecule has 34 heavy (non-hydrogen) atoms. The first-order valence-electron chi connectivity index (χ1n) is 11.3. The summed E-state index contributed by atoms with van der Waals surface area (Å²) in [5.41, 5.74) is 1.87. The summed E-state index contributed by atoms with van der Waals surface area (Å²) in [7, 11) is 0. The van der Waals surface area contributed by atoms with Crippen LogP contribution in [0.2, 0.25) is 5.02 Å². The fourth-order valence-corrected chi connectivity index (χ4v) is 4.15. The van der Waals surface area contributed by atoms with E-state index in [2.05, 4.69) is 12.2 Å². The second-order valence-electron chi connectivity index (χ2n) is 8.20. The van der Waals surface area contributed by atoms with Gasteiger partial charge >= 0.3 is 5.69 Å². The predicted octanol–water partition coefficient (Wildman–Crippen LogP) is 4.31. The molecule has 4 aromatic rings. The summed E-state index contributed by atoms with van der Waals surface area (Å²) in [5.74, 6) is -0.0482. The van der Waals surface area contributed by atoms with Crippen LogP contribution in [0.25, 0.3) is 16.6 Å². The van der Waals surface area contributed by atoms with Crippen molar-refractivity contribution in [2.45, 2.75) is 32.7 Å². The highest BCUT2D eigenvalue weighted by molar-refractivity contribution is 6.30. The Morgan fingerprint density at radius 1 is 0.941 bits per heavy atom. The van der Waals surface area contributed by atoms with Gasteiger partial charge in [-0.15, -0.1) is 0 Å². The number of rotatable bonds is 8. The minimum absolute atomic E-state index is 0.0482. The number of hydrogen-bond acceptors (Lipinski definition) is 3. The summed E-state index contributed by atoms with van der Waals surface area (Å²) < 4.78 is 2.76. The SMILES string of the molecule is CCCCNC(=O)Cc1ccc(-n2c(=O)c3ccccc3n(Cc3cccc(Cl)c3)c2=O)cc1. The van der Waals surface area contributed by atoms with Crippen LogP contribution in [0.1, 0.15) is 30.9 Å². The van der Waals surface area contributed by atoms with Crippen LogP contribution in [0.3, 0.4) is 0 Å². The van der Waals surface area contributed by atoms with Gasteiger partial charge in [0, 0.05) is 11.6 Å². The fraction of sp³-hybridized carbons (Fsp3) is 0.222. The Morgan fingerprint density at radius 2 is 1.71 bits per heavy atom. The number of fused-ring (bicyclic) bond motifs is 1. The molecule has 6 nitrogen and oxygen atoms in total. The molecule has 0 fully saturated rings. The molecule has 0 saturated heterocycles. The third kappa shape index (κ3) is 5.13. The summed E-state index contributed by atoms with van der Waals surface area (Å²) in [5, 5.41) is 3.92. The maximum atomic E-state index is 13.5. The van der Waals surface area contributed by atoms with Crippen molar-refractivity contribution < 1.29 is 4.79 Å². The van der Waals surface area contributed by atoms with Crippen molar-refractivity contribution >= 4 is 28.4 Å². The van der Waals surface area contributed by atoms with E-state index < -0.39 is 5.69 Å². The van der Waals surface area contributed by atoms with E-state index >= 15 is 0 Å². The number of benzene rings is 3. The van der Waals surface area contributed by atoms with E-state index in [4.69, 9.17) is 11.6 Å². The highest BCUT2D eigenvalue weighted by Gasteiger charge is 2.15. The number of unbranched alkanes of at least 4 members (excludes halogenated alkanes) is 1. The topological polar surface area (TPSA) is 73.1 Å². The predicted molar refractivity (Wildman–Crippen MR) is 136 cm³/mol. The largest absolute Gasteiger partial charge is 0.356 e. The van der Waals surface area contributed by atoms with Gasteiger partial charge in [-0.05, 0) is 53.9 Å². The van der Waals surface area contributed by atoms with Crippen LogP contribution in [-0.2, 0) is 17.8 Å². The number of amides is 1. The highest BCUT2D eigenvalue weighted by atomic mass is 35.5. The Kier molecular flexibility index (Phi) is 7.28. The molecule has 0 aliphatic carbocycles. The normalized spacial score (nSPS) is 11.0. The number of carbonyl (C=O) groups excluding carboxylic acids is 1. The smallest absolute Gasteiger partial charge is 0.336 e. The summed E-state index contributed by atoms with van der Waals surface area (Å²) >= 11 is 6.14. The van der Waals surface area contributed by atoms with Gasteiger partial charge in [0.1, 0.15) is 0 Å². The monoisotopic (exact) mass is 475 g/mol. The molecular weight excluding hydrogens is 450 g/mol. The lowest BCUT2D eigenvalue weighted by atomic mass is 10.1. The first kappa shape index (κ1) is 23.5. The van der Waals surface area contributed by atoms with Crippen LogP contribution >= 0.6 is 11.6 Å². The van der Waals surface area contributed by atoms with E-state index in [1.54, 1.807) is 65.2 Å². The van der Waals surface area contributed by atoms with Gasteiger partial charge in [0.25, 0.3) is 5.56 Å². The number of nitrogens with zero attached hydrogens (tertiary/aromatic N) is 2. The van der Waals surface area contributed by atoms with E-state index in [-0.39, 0.29) is 24.4 Å². The van der Waals surface area contributed by atoms with Crippen LogP contribution in [0.4, 0.5) is 0 Å². The van der Waals surface area contributed by atoms with Gasteiger partial charge in [-0.1, -0.05) is 61.3 Å². The van der Waals surface area contributed by atoms with Gasteiger partial charge in [0.15, 0.2) is 0 Å². The van der Waals surface area contributed by atoms with Crippen molar-refractivity contribution in [2.75, 3.05) is 6.54 Å². The Hall–Kier alpha value is -3.64. The number of halogens is 1. The average Bonchev–Trinajstić information content (AvgIpc) is 2.83. The van der Waals surface area contributed by atoms with Crippen LogP contribution < -0.4 is 16.6 Å². The molecule has 0 atom stereocenters. The van der Waals surface area contributed by atoms with Crippen molar-refractivity contribution in [3.8, 4) is 5.69 Å². The van der Waals surface area contributed by atoms with Crippen molar-refractivity contribution in [3.63, 3.8) is 0 Å². The van der Waals surface area contributed by atoms with Crippen LogP contribution in [0.15, 0.2) is 82.4 Å². The quantitative estimate of drug-likeness (QED) is 0.386. The molecule has 0 aliphatic heterocycles. The fourth-order valence-electron chi connectivity index (χ4n) is 3.93. The van der Waals surface area contributed by atoms with Crippen LogP contribution in [0.5, 0.6) is 0 Å². The Labute approximate surface area is 202 Å². The number of nitrogens with one attached hydrogen (secondary N) is 1. The zero-order valence-corrected chi connectivity index (χ0v) is 19.7. The van der Waals surface area contributed by atoms with Gasteiger partial charge < -0.3 is 5.32 Å². The zero-order valence-electron chi connectivity index (χ0n) is 19.0. The lowest BCUT2D eigenvalue weighted by molar-refractivity contribution is -0.120. The highest BCUT2D eigenvalue weighted by Crippen LogP contribution is 2.15. The van der Waals surface area contributed by atoms with E-state index in [0.717, 1.165) is 24.0 Å². The second-order valence-corrected chi connectivity index (χ2v) is 8.64. The first-order valence-corrected chi connectivity index (χ1v) is 11.7. The number of para-hydroxylation sites is 1. The van der Waals surface area contributed by atoms with Crippen molar-refractivity contribution in [2.24, 2.45) is 0 Å². The molecule has 3 aromatic carbocycles. The zero-order chi connectivity index (χ0) is 24.1. The van der Waals surface area contributed by atoms with Gasteiger partial charge in [0.05, 0.1) is 29.6 Å². The summed E-state index contributed by atoms with van der Waals surface area (Å²) in [4.78, 5) is 38.9. The summed E-state index contributed by atoms with van der Waals surface area (Å²) in [6, 6.07) is 21.3. The molecule has 4 rings (SSSR count). The van der Waals surface area contributed by atoms with Gasteiger partial charge in [-0.2, -0.15) is 0 Å². The lowest BCUT2D eigenvalue weighted by Gasteiger charge is -2.15. The molecule has 7 heteroatoms. The van der Waals surface area contributed by atoms with Crippen LogP contribution in [0, 0.1) is 0 Å².